The van der Waals surface area contributed by atoms with Gasteiger partial charge < -0.3 is 19.5 Å². The van der Waals surface area contributed by atoms with Crippen molar-refractivity contribution in [3.63, 3.8) is 0 Å². The number of para-hydroxylation sites is 2. The van der Waals surface area contributed by atoms with E-state index < -0.39 is 17.8 Å². The molecule has 2 aromatic carbocycles. The number of carbonyl (C=O) groups excluding carboxylic acids is 1. The van der Waals surface area contributed by atoms with E-state index in [0.717, 1.165) is 12.3 Å². The lowest BCUT2D eigenvalue weighted by atomic mass is 10.1. The molecular weight excluding hydrogens is 453 g/mol. The summed E-state index contributed by atoms with van der Waals surface area (Å²) < 4.78 is 57.9. The predicted molar refractivity (Wildman–Crippen MR) is 117 cm³/mol. The number of aromatic nitrogens is 3. The first-order chi connectivity index (χ1) is 16.3. The van der Waals surface area contributed by atoms with Gasteiger partial charge in [0.2, 0.25) is 0 Å². The van der Waals surface area contributed by atoms with Gasteiger partial charge in [0.25, 0.3) is 5.91 Å². The topological polar surface area (TPSA) is 87.0 Å². The first kappa shape index (κ1) is 22.9. The lowest BCUT2D eigenvalue weighted by Crippen LogP contribution is -2.16. The first-order valence-electron chi connectivity index (χ1n) is 9.89. The molecule has 11 heteroatoms. The van der Waals surface area contributed by atoms with Gasteiger partial charge in [-0.15, -0.1) is 0 Å². The number of hydrogen-bond acceptors (Lipinski definition) is 6. The third kappa shape index (κ3) is 4.19. The van der Waals surface area contributed by atoms with E-state index in [9.17, 15) is 18.0 Å². The monoisotopic (exact) mass is 472 g/mol. The van der Waals surface area contributed by atoms with Gasteiger partial charge in [-0.2, -0.15) is 18.3 Å². The summed E-state index contributed by atoms with van der Waals surface area (Å²) >= 11 is 0. The molecule has 2 aromatic heterocycles. The summed E-state index contributed by atoms with van der Waals surface area (Å²) in [5, 5.41) is 6.42. The second-order valence-corrected chi connectivity index (χ2v) is 7.04. The Morgan fingerprint density at radius 3 is 2.32 bits per heavy atom. The van der Waals surface area contributed by atoms with Crippen molar-refractivity contribution in [3.05, 3.63) is 66.0 Å². The average molecular weight is 472 g/mol. The molecular formula is C23H19F3N4O4. The van der Waals surface area contributed by atoms with Crippen LogP contribution in [0.1, 0.15) is 16.1 Å². The van der Waals surface area contributed by atoms with Crippen molar-refractivity contribution in [1.29, 1.82) is 0 Å². The number of fused-ring (bicyclic) bond motifs is 1. The van der Waals surface area contributed by atoms with Gasteiger partial charge in [-0.3, -0.25) is 4.79 Å². The van der Waals surface area contributed by atoms with Crippen LogP contribution < -0.4 is 19.5 Å². The molecule has 34 heavy (non-hydrogen) atoms. The van der Waals surface area contributed by atoms with E-state index >= 15 is 0 Å². The van der Waals surface area contributed by atoms with Crippen molar-refractivity contribution >= 4 is 17.2 Å². The zero-order valence-corrected chi connectivity index (χ0v) is 18.3. The van der Waals surface area contributed by atoms with E-state index in [2.05, 4.69) is 15.4 Å². The fourth-order valence-electron chi connectivity index (χ4n) is 3.41. The van der Waals surface area contributed by atoms with Crippen LogP contribution in [0.2, 0.25) is 0 Å². The Morgan fingerprint density at radius 2 is 1.65 bits per heavy atom. The van der Waals surface area contributed by atoms with Crippen LogP contribution in [-0.2, 0) is 6.18 Å². The minimum atomic E-state index is -4.76. The lowest BCUT2D eigenvalue weighted by molar-refractivity contribution is -0.142. The maximum atomic E-state index is 13.9. The third-order valence-electron chi connectivity index (χ3n) is 5.04. The molecule has 0 atom stereocenters. The standard InChI is InChI=1S/C23H19F3N4O4/c1-32-17-7-5-4-6-15(17)29-22(31)14-12-27-30-20(23(24,25)26)11-16(28-21(14)30)13-8-9-18(33-2)19(10-13)34-3/h4-12H,1-3H3,(H,29,31). The van der Waals surface area contributed by atoms with Crippen molar-refractivity contribution in [3.8, 4) is 28.5 Å². The minimum absolute atomic E-state index is 0.0207. The van der Waals surface area contributed by atoms with Crippen LogP contribution in [-0.4, -0.2) is 41.8 Å². The molecule has 0 radical (unpaired) electrons. The molecule has 176 valence electrons. The van der Waals surface area contributed by atoms with Gasteiger partial charge in [0.05, 0.1) is 38.9 Å². The fourth-order valence-corrected chi connectivity index (χ4v) is 3.41. The van der Waals surface area contributed by atoms with E-state index in [4.69, 9.17) is 14.2 Å². The summed E-state index contributed by atoms with van der Waals surface area (Å²) in [5.74, 6) is 0.425. The van der Waals surface area contributed by atoms with E-state index in [0.29, 0.717) is 33.0 Å². The Kier molecular flexibility index (Phi) is 6.01. The Morgan fingerprint density at radius 1 is 0.941 bits per heavy atom. The van der Waals surface area contributed by atoms with Crippen molar-refractivity contribution in [2.75, 3.05) is 26.6 Å². The molecule has 4 rings (SSSR count). The highest BCUT2D eigenvalue weighted by Crippen LogP contribution is 2.36. The second-order valence-electron chi connectivity index (χ2n) is 7.04. The quantitative estimate of drug-likeness (QED) is 0.438. The molecule has 4 aromatic rings. The van der Waals surface area contributed by atoms with Crippen molar-refractivity contribution < 1.29 is 32.2 Å². The molecule has 0 aliphatic heterocycles. The highest BCUT2D eigenvalue weighted by atomic mass is 19.4. The summed E-state index contributed by atoms with van der Waals surface area (Å²) in [6, 6.07) is 12.1. The number of halogens is 3. The van der Waals surface area contributed by atoms with Crippen LogP contribution >= 0.6 is 0 Å². The molecule has 0 aliphatic carbocycles. The van der Waals surface area contributed by atoms with Gasteiger partial charge >= 0.3 is 6.18 Å². The molecule has 8 nitrogen and oxygen atoms in total. The summed E-state index contributed by atoms with van der Waals surface area (Å²) in [4.78, 5) is 17.3. The maximum absolute atomic E-state index is 13.9. The lowest BCUT2D eigenvalue weighted by Gasteiger charge is -2.13. The number of ether oxygens (including phenoxy) is 3. The highest BCUT2D eigenvalue weighted by molar-refractivity contribution is 6.08. The number of anilines is 1. The van der Waals surface area contributed by atoms with Crippen LogP contribution in [0.5, 0.6) is 17.2 Å². The number of hydrogen-bond donors (Lipinski definition) is 1. The molecule has 0 fully saturated rings. The van der Waals surface area contributed by atoms with Crippen LogP contribution in [0.3, 0.4) is 0 Å². The number of nitrogens with zero attached hydrogens (tertiary/aromatic N) is 3. The van der Waals surface area contributed by atoms with E-state index in [1.165, 1.54) is 27.4 Å². The second kappa shape index (κ2) is 8.93. The summed E-state index contributed by atoms with van der Waals surface area (Å²) in [7, 11) is 4.30. The van der Waals surface area contributed by atoms with E-state index in [1.54, 1.807) is 36.4 Å². The third-order valence-corrected chi connectivity index (χ3v) is 5.04. The number of methoxy groups -OCH3 is 3. The number of rotatable bonds is 6. The minimum Gasteiger partial charge on any atom is -0.495 e. The zero-order chi connectivity index (χ0) is 24.5. The Labute approximate surface area is 191 Å². The van der Waals surface area contributed by atoms with Gasteiger partial charge in [0, 0.05) is 5.56 Å². The van der Waals surface area contributed by atoms with Crippen molar-refractivity contribution in [1.82, 2.24) is 14.6 Å². The summed E-state index contributed by atoms with van der Waals surface area (Å²) in [6.07, 6.45) is -3.71. The van der Waals surface area contributed by atoms with Crippen LogP contribution in [0.4, 0.5) is 18.9 Å². The van der Waals surface area contributed by atoms with Gasteiger partial charge in [-0.05, 0) is 36.4 Å². The number of alkyl halides is 3. The molecule has 0 saturated heterocycles. The molecule has 0 unspecified atom stereocenters. The predicted octanol–water partition coefficient (Wildman–Crippen LogP) is 4.69. The smallest absolute Gasteiger partial charge is 0.433 e. The zero-order valence-electron chi connectivity index (χ0n) is 18.3. The molecule has 0 saturated carbocycles. The number of amides is 1. The van der Waals surface area contributed by atoms with Gasteiger partial charge in [0.1, 0.15) is 11.3 Å². The normalized spacial score (nSPS) is 11.4. The molecule has 1 N–H and O–H groups in total. The molecule has 0 aliphatic rings. The van der Waals surface area contributed by atoms with E-state index in [-0.39, 0.29) is 16.9 Å². The number of nitrogens with one attached hydrogen (secondary N) is 1. The van der Waals surface area contributed by atoms with Gasteiger partial charge in [-0.25, -0.2) is 9.50 Å². The Hall–Kier alpha value is -4.28. The Bertz CT molecular complexity index is 1370. The number of benzene rings is 2. The first-order valence-corrected chi connectivity index (χ1v) is 9.89. The largest absolute Gasteiger partial charge is 0.495 e. The molecule has 0 bridgehead atoms. The maximum Gasteiger partial charge on any atom is 0.433 e. The highest BCUT2D eigenvalue weighted by Gasteiger charge is 2.36. The fraction of sp³-hybridized carbons (Fsp3) is 0.174. The van der Waals surface area contributed by atoms with Crippen molar-refractivity contribution in [2.24, 2.45) is 0 Å². The van der Waals surface area contributed by atoms with Gasteiger partial charge in [-0.1, -0.05) is 12.1 Å². The SMILES string of the molecule is COc1ccccc1NC(=O)c1cnn2c(C(F)(F)F)cc(-c3ccc(OC)c(OC)c3)nc12. The average Bonchev–Trinajstić information content (AvgIpc) is 3.26. The van der Waals surface area contributed by atoms with Crippen LogP contribution in [0.15, 0.2) is 54.7 Å². The molecule has 1 amide bonds. The molecule has 0 spiro atoms. The summed E-state index contributed by atoms with van der Waals surface area (Å²) in [6.45, 7) is 0. The van der Waals surface area contributed by atoms with Crippen LogP contribution in [0.25, 0.3) is 16.9 Å². The summed E-state index contributed by atoms with van der Waals surface area (Å²) in [5.41, 5.74) is -0.818. The van der Waals surface area contributed by atoms with Gasteiger partial charge in [0.15, 0.2) is 22.8 Å². The molecule has 2 heterocycles. The van der Waals surface area contributed by atoms with Crippen molar-refractivity contribution in [2.45, 2.75) is 6.18 Å². The number of carbonyl (C=O) groups is 1. The van der Waals surface area contributed by atoms with E-state index in [1.807, 2.05) is 0 Å². The van der Waals surface area contributed by atoms with Crippen LogP contribution in [0, 0.1) is 0 Å². The Balaban J connectivity index is 1.85.